The second kappa shape index (κ2) is 9.16. The van der Waals surface area contributed by atoms with Crippen LogP contribution in [0.1, 0.15) is 32.9 Å². The molecule has 4 N–H and O–H groups in total. The van der Waals surface area contributed by atoms with Crippen molar-refractivity contribution >= 4 is 5.97 Å². The number of carboxylic acid groups (broad SMARTS) is 1. The molecule has 7 heteroatoms. The molecule has 28 heavy (non-hydrogen) atoms. The van der Waals surface area contributed by atoms with Crippen molar-refractivity contribution in [2.45, 2.75) is 19.4 Å². The summed E-state index contributed by atoms with van der Waals surface area (Å²) in [6.45, 7) is 1.18. The molecule has 7 nitrogen and oxygen atoms in total. The number of aromatic nitrogens is 2. The normalized spacial score (nSPS) is 10.9. The van der Waals surface area contributed by atoms with E-state index in [1.807, 2.05) is 16.7 Å². The molecule has 0 bridgehead atoms. The second-order valence-electron chi connectivity index (χ2n) is 6.44. The number of benzene rings is 2. The van der Waals surface area contributed by atoms with Crippen molar-refractivity contribution in [3.05, 3.63) is 82.9 Å². The van der Waals surface area contributed by atoms with Crippen LogP contribution in [0.3, 0.4) is 0 Å². The highest BCUT2D eigenvalue weighted by molar-refractivity contribution is 5.87. The summed E-state index contributed by atoms with van der Waals surface area (Å²) in [7, 11) is 0. The first kappa shape index (κ1) is 19.6. The second-order valence-corrected chi connectivity index (χ2v) is 6.44. The molecule has 0 saturated carbocycles. The van der Waals surface area contributed by atoms with Gasteiger partial charge in [-0.05, 0) is 35.4 Å². The van der Waals surface area contributed by atoms with Crippen LogP contribution >= 0.6 is 0 Å². The van der Waals surface area contributed by atoms with Gasteiger partial charge in [0.05, 0.1) is 30.9 Å². The zero-order valence-corrected chi connectivity index (χ0v) is 15.4. The standard InChI is InChI=1S/C21H23N3O4/c22-13-28-8-7-20-19(11-15-3-1-5-17(9-15)21(26)27)23-14-24(20)12-16-4-2-6-18(25)10-16/h1-6,9-10,14,25H,7-8,11-13,22H2,(H,26,27). The van der Waals surface area contributed by atoms with Gasteiger partial charge in [-0.15, -0.1) is 0 Å². The Bertz CT molecular complexity index is 952. The van der Waals surface area contributed by atoms with Crippen LogP contribution in [0, 0.1) is 0 Å². The number of ether oxygens (including phenoxy) is 1. The van der Waals surface area contributed by atoms with E-state index in [0.717, 1.165) is 22.5 Å². The average molecular weight is 381 g/mol. The maximum atomic E-state index is 11.2. The third-order valence-corrected chi connectivity index (χ3v) is 4.44. The van der Waals surface area contributed by atoms with E-state index in [9.17, 15) is 15.0 Å². The highest BCUT2D eigenvalue weighted by Crippen LogP contribution is 2.18. The molecule has 146 valence electrons. The minimum absolute atomic E-state index is 0.149. The third kappa shape index (κ3) is 4.97. The van der Waals surface area contributed by atoms with Crippen LogP contribution in [0.4, 0.5) is 0 Å². The van der Waals surface area contributed by atoms with Crippen molar-refractivity contribution in [2.24, 2.45) is 5.73 Å². The van der Waals surface area contributed by atoms with Gasteiger partial charge in [-0.2, -0.15) is 0 Å². The molecule has 0 unspecified atom stereocenters. The van der Waals surface area contributed by atoms with Gasteiger partial charge in [-0.3, -0.25) is 0 Å². The van der Waals surface area contributed by atoms with Crippen LogP contribution in [0.15, 0.2) is 54.9 Å². The van der Waals surface area contributed by atoms with Gasteiger partial charge >= 0.3 is 5.97 Å². The molecule has 0 radical (unpaired) electrons. The zero-order chi connectivity index (χ0) is 19.9. The maximum Gasteiger partial charge on any atom is 0.335 e. The first-order valence-electron chi connectivity index (χ1n) is 8.97. The lowest BCUT2D eigenvalue weighted by atomic mass is 10.0. The summed E-state index contributed by atoms with van der Waals surface area (Å²) < 4.78 is 7.32. The third-order valence-electron chi connectivity index (χ3n) is 4.44. The number of phenols is 1. The molecule has 1 aromatic heterocycles. The van der Waals surface area contributed by atoms with E-state index in [1.54, 1.807) is 42.7 Å². The van der Waals surface area contributed by atoms with E-state index in [0.29, 0.717) is 26.0 Å². The number of aromatic carboxylic acids is 1. The summed E-state index contributed by atoms with van der Waals surface area (Å²) >= 11 is 0. The van der Waals surface area contributed by atoms with Crippen molar-refractivity contribution < 1.29 is 19.7 Å². The highest BCUT2D eigenvalue weighted by atomic mass is 16.5. The lowest BCUT2D eigenvalue weighted by molar-refractivity contribution is 0.0696. The van der Waals surface area contributed by atoms with Crippen molar-refractivity contribution in [1.82, 2.24) is 9.55 Å². The number of phenolic OH excluding ortho intramolecular Hbond substituents is 1. The van der Waals surface area contributed by atoms with Gasteiger partial charge in [0.2, 0.25) is 0 Å². The molecule has 0 fully saturated rings. The first-order valence-corrected chi connectivity index (χ1v) is 8.97. The van der Waals surface area contributed by atoms with Gasteiger partial charge in [0.25, 0.3) is 0 Å². The Hall–Kier alpha value is -3.16. The van der Waals surface area contributed by atoms with E-state index < -0.39 is 5.97 Å². The van der Waals surface area contributed by atoms with E-state index in [1.165, 1.54) is 0 Å². The topological polar surface area (TPSA) is 111 Å². The van der Waals surface area contributed by atoms with Gasteiger partial charge in [-0.1, -0.05) is 24.3 Å². The molecule has 0 spiro atoms. The molecule has 0 aliphatic rings. The summed E-state index contributed by atoms with van der Waals surface area (Å²) in [6.07, 6.45) is 2.91. The van der Waals surface area contributed by atoms with Crippen LogP contribution in [0.2, 0.25) is 0 Å². The van der Waals surface area contributed by atoms with Crippen molar-refractivity contribution in [1.29, 1.82) is 0 Å². The number of imidazole rings is 1. The molecule has 0 saturated heterocycles. The SMILES string of the molecule is NCOCCc1c(Cc2cccc(C(=O)O)c2)ncn1Cc1cccc(O)c1. The van der Waals surface area contributed by atoms with Crippen LogP contribution in [0.25, 0.3) is 0 Å². The van der Waals surface area contributed by atoms with Crippen molar-refractivity contribution in [3.63, 3.8) is 0 Å². The minimum atomic E-state index is -0.951. The fraction of sp³-hybridized carbons (Fsp3) is 0.238. The van der Waals surface area contributed by atoms with Gasteiger partial charge in [0.15, 0.2) is 0 Å². The van der Waals surface area contributed by atoms with Crippen LogP contribution < -0.4 is 5.73 Å². The Morgan fingerprint density at radius 3 is 2.68 bits per heavy atom. The quantitative estimate of drug-likeness (QED) is 0.388. The number of hydrogen-bond donors (Lipinski definition) is 3. The molecular weight excluding hydrogens is 358 g/mol. The Morgan fingerprint density at radius 2 is 1.93 bits per heavy atom. The molecule has 1 heterocycles. The van der Waals surface area contributed by atoms with E-state index in [2.05, 4.69) is 4.98 Å². The number of nitrogens with two attached hydrogens (primary N) is 1. The minimum Gasteiger partial charge on any atom is -0.508 e. The number of nitrogens with zero attached hydrogens (tertiary/aromatic N) is 2. The van der Waals surface area contributed by atoms with E-state index in [4.69, 9.17) is 10.5 Å². The predicted octanol–water partition coefficient (Wildman–Crippen LogP) is 2.40. The Morgan fingerprint density at radius 1 is 1.14 bits per heavy atom. The monoisotopic (exact) mass is 381 g/mol. The van der Waals surface area contributed by atoms with Gasteiger partial charge in [0.1, 0.15) is 5.75 Å². The number of carbonyl (C=O) groups is 1. The van der Waals surface area contributed by atoms with E-state index in [-0.39, 0.29) is 18.0 Å². The van der Waals surface area contributed by atoms with Gasteiger partial charge in [-0.25, -0.2) is 9.78 Å². The summed E-state index contributed by atoms with van der Waals surface area (Å²) in [4.78, 5) is 15.8. The Labute approximate surface area is 163 Å². The zero-order valence-electron chi connectivity index (χ0n) is 15.4. The fourth-order valence-corrected chi connectivity index (χ4v) is 3.13. The van der Waals surface area contributed by atoms with Gasteiger partial charge < -0.3 is 25.3 Å². The molecule has 0 aliphatic carbocycles. The molecule has 3 aromatic rings. The van der Waals surface area contributed by atoms with Gasteiger partial charge in [0, 0.05) is 25.1 Å². The number of hydrogen-bond acceptors (Lipinski definition) is 5. The number of aromatic hydroxyl groups is 1. The van der Waals surface area contributed by atoms with Crippen molar-refractivity contribution in [2.75, 3.05) is 13.3 Å². The van der Waals surface area contributed by atoms with Crippen LogP contribution in [-0.4, -0.2) is 39.1 Å². The summed E-state index contributed by atoms with van der Waals surface area (Å²) in [5, 5.41) is 18.9. The average Bonchev–Trinajstić information content (AvgIpc) is 3.03. The summed E-state index contributed by atoms with van der Waals surface area (Å²) in [6, 6.07) is 14.0. The van der Waals surface area contributed by atoms with E-state index >= 15 is 0 Å². The molecule has 0 aliphatic heterocycles. The van der Waals surface area contributed by atoms with Crippen LogP contribution in [0.5, 0.6) is 5.75 Å². The molecule has 0 atom stereocenters. The summed E-state index contributed by atoms with van der Waals surface area (Å²) in [5.74, 6) is -0.732. The predicted molar refractivity (Wildman–Crippen MR) is 104 cm³/mol. The molecule has 2 aromatic carbocycles. The highest BCUT2D eigenvalue weighted by Gasteiger charge is 2.13. The lowest BCUT2D eigenvalue weighted by Crippen LogP contribution is -2.12. The lowest BCUT2D eigenvalue weighted by Gasteiger charge is -2.11. The largest absolute Gasteiger partial charge is 0.508 e. The maximum absolute atomic E-state index is 11.2. The van der Waals surface area contributed by atoms with Crippen molar-refractivity contribution in [3.8, 4) is 5.75 Å². The smallest absolute Gasteiger partial charge is 0.335 e. The fourth-order valence-electron chi connectivity index (χ4n) is 3.13. The molecule has 3 rings (SSSR count). The molecule has 0 amide bonds. The summed E-state index contributed by atoms with van der Waals surface area (Å²) in [5.41, 5.74) is 9.38. The Balaban J connectivity index is 1.86. The number of rotatable bonds is 9. The molecular formula is C21H23N3O4. The first-order chi connectivity index (χ1) is 13.6. The number of carboxylic acids is 1. The van der Waals surface area contributed by atoms with Crippen LogP contribution in [-0.2, 0) is 24.1 Å². The Kier molecular flexibility index (Phi) is 6.41.